The molecule has 3 rings (SSSR count). The van der Waals surface area contributed by atoms with Crippen molar-refractivity contribution < 1.29 is 4.79 Å². The van der Waals surface area contributed by atoms with Gasteiger partial charge in [-0.05, 0) is 38.1 Å². The summed E-state index contributed by atoms with van der Waals surface area (Å²) in [6.07, 6.45) is 0. The van der Waals surface area contributed by atoms with Gasteiger partial charge >= 0.3 is 0 Å². The quantitative estimate of drug-likeness (QED) is 0.550. The lowest BCUT2D eigenvalue weighted by Crippen LogP contribution is -2.33. The molecule has 0 bridgehead atoms. The second-order valence-corrected chi connectivity index (χ2v) is 7.13. The molecule has 0 aliphatic heterocycles. The van der Waals surface area contributed by atoms with Crippen LogP contribution in [-0.4, -0.2) is 21.1 Å². The van der Waals surface area contributed by atoms with E-state index in [9.17, 15) is 9.59 Å². The molecule has 3 aromatic rings. The van der Waals surface area contributed by atoms with Crippen LogP contribution in [0.25, 0.3) is 0 Å². The van der Waals surface area contributed by atoms with Gasteiger partial charge in [-0.15, -0.1) is 0 Å². The van der Waals surface area contributed by atoms with Crippen LogP contribution < -0.4 is 10.5 Å². The molecule has 1 N–H and O–H groups in total. The minimum Gasteiger partial charge on any atom is -0.301 e. The number of aromatic amines is 1. The maximum Gasteiger partial charge on any atom is 0.251 e. The Hall–Kier alpha value is -2.86. The van der Waals surface area contributed by atoms with Gasteiger partial charge in [0.2, 0.25) is 5.91 Å². The number of nitrogens with zero attached hydrogens (tertiary/aromatic N) is 2. The summed E-state index contributed by atoms with van der Waals surface area (Å²) < 4.78 is 0. The van der Waals surface area contributed by atoms with Crippen LogP contribution in [0.3, 0.4) is 0 Å². The van der Waals surface area contributed by atoms with Crippen molar-refractivity contribution in [3.05, 3.63) is 82.8 Å². The smallest absolute Gasteiger partial charge is 0.251 e. The van der Waals surface area contributed by atoms with Gasteiger partial charge in [0.1, 0.15) is 0 Å². The van der Waals surface area contributed by atoms with Gasteiger partial charge in [-0.3, -0.25) is 14.5 Å². The molecule has 0 spiro atoms. The molecule has 0 radical (unpaired) electrons. The topological polar surface area (TPSA) is 66.1 Å². The maximum atomic E-state index is 13.2. The van der Waals surface area contributed by atoms with Crippen molar-refractivity contribution in [3.8, 4) is 0 Å². The van der Waals surface area contributed by atoms with Crippen LogP contribution in [0.15, 0.2) is 76.7 Å². The normalized spacial score (nSPS) is 11.8. The first-order chi connectivity index (χ1) is 12.5. The van der Waals surface area contributed by atoms with Gasteiger partial charge in [-0.2, -0.15) is 0 Å². The summed E-state index contributed by atoms with van der Waals surface area (Å²) in [5.41, 5.74) is 1.99. The lowest BCUT2D eigenvalue weighted by atomic mass is 10.2. The van der Waals surface area contributed by atoms with E-state index in [0.29, 0.717) is 10.9 Å². The molecule has 1 atom stereocenters. The van der Waals surface area contributed by atoms with Crippen molar-refractivity contribution in [2.45, 2.75) is 24.3 Å². The third kappa shape index (κ3) is 4.21. The molecule has 26 heavy (non-hydrogen) atoms. The molecule has 0 aliphatic rings. The Morgan fingerprint density at radius 1 is 1.04 bits per heavy atom. The summed E-state index contributed by atoms with van der Waals surface area (Å²) in [6.45, 7) is 3.57. The maximum absolute atomic E-state index is 13.2. The zero-order valence-electron chi connectivity index (χ0n) is 14.5. The van der Waals surface area contributed by atoms with E-state index in [2.05, 4.69) is 9.97 Å². The zero-order valence-corrected chi connectivity index (χ0v) is 15.4. The van der Waals surface area contributed by atoms with Crippen molar-refractivity contribution in [2.24, 2.45) is 0 Å². The largest absolute Gasteiger partial charge is 0.301 e. The number of aryl methyl sites for hydroxylation is 1. The average molecular weight is 365 g/mol. The third-order valence-corrected chi connectivity index (χ3v) is 4.71. The molecule has 1 unspecified atom stereocenters. The number of hydrogen-bond donors (Lipinski definition) is 1. The summed E-state index contributed by atoms with van der Waals surface area (Å²) in [7, 11) is 0. The van der Waals surface area contributed by atoms with Crippen LogP contribution in [-0.2, 0) is 4.79 Å². The summed E-state index contributed by atoms with van der Waals surface area (Å²) in [5.74, 6) is -0.0865. The van der Waals surface area contributed by atoms with E-state index in [1.165, 1.54) is 17.8 Å². The molecule has 5 nitrogen and oxygen atoms in total. The molecule has 0 aliphatic carbocycles. The molecule has 6 heteroatoms. The van der Waals surface area contributed by atoms with Crippen LogP contribution >= 0.6 is 11.8 Å². The molecular weight excluding hydrogens is 346 g/mol. The number of aromatic nitrogens is 2. The zero-order chi connectivity index (χ0) is 18.5. The average Bonchev–Trinajstić information content (AvgIpc) is 2.63. The summed E-state index contributed by atoms with van der Waals surface area (Å²) in [6, 6.07) is 20.4. The second kappa shape index (κ2) is 8.01. The van der Waals surface area contributed by atoms with Crippen LogP contribution in [0.4, 0.5) is 11.4 Å². The van der Waals surface area contributed by atoms with Gasteiger partial charge < -0.3 is 4.98 Å². The van der Waals surface area contributed by atoms with E-state index in [4.69, 9.17) is 0 Å². The van der Waals surface area contributed by atoms with Crippen molar-refractivity contribution in [1.29, 1.82) is 0 Å². The van der Waals surface area contributed by atoms with Crippen molar-refractivity contribution in [1.82, 2.24) is 9.97 Å². The minimum absolute atomic E-state index is 0.0865. The van der Waals surface area contributed by atoms with Gasteiger partial charge in [-0.25, -0.2) is 4.98 Å². The lowest BCUT2D eigenvalue weighted by Gasteiger charge is -2.25. The fourth-order valence-electron chi connectivity index (χ4n) is 2.56. The predicted molar refractivity (Wildman–Crippen MR) is 105 cm³/mol. The molecule has 0 saturated carbocycles. The van der Waals surface area contributed by atoms with Crippen LogP contribution in [0.2, 0.25) is 0 Å². The number of amides is 1. The number of nitrogens with one attached hydrogen (secondary N) is 1. The lowest BCUT2D eigenvalue weighted by molar-refractivity contribution is -0.117. The number of carbonyl (C=O) groups excluding carboxylic acids is 1. The number of rotatable bonds is 5. The highest BCUT2D eigenvalue weighted by molar-refractivity contribution is 8.00. The number of benzene rings is 2. The molecule has 0 saturated heterocycles. The number of H-pyrrole nitrogens is 1. The standard InChI is InChI=1S/C20H19N3O2S/c1-14-13-18(24)22-20(21-14)26-15(2)19(25)23(16-9-5-3-6-10-16)17-11-7-4-8-12-17/h3-13,15H,1-2H3,(H,21,22,24). The first-order valence-corrected chi connectivity index (χ1v) is 9.11. The Morgan fingerprint density at radius 2 is 1.58 bits per heavy atom. The Labute approximate surface area is 156 Å². The van der Waals surface area contributed by atoms with Crippen LogP contribution in [0, 0.1) is 6.92 Å². The molecule has 0 fully saturated rings. The highest BCUT2D eigenvalue weighted by atomic mass is 32.2. The number of hydrogen-bond acceptors (Lipinski definition) is 4. The monoisotopic (exact) mass is 365 g/mol. The van der Waals surface area contributed by atoms with Crippen molar-refractivity contribution in [2.75, 3.05) is 4.90 Å². The Kier molecular flexibility index (Phi) is 5.53. The molecule has 1 aromatic heterocycles. The summed E-state index contributed by atoms with van der Waals surface area (Å²) >= 11 is 1.24. The Morgan fingerprint density at radius 3 is 2.08 bits per heavy atom. The summed E-state index contributed by atoms with van der Waals surface area (Å²) in [5, 5.41) is 0.0114. The van der Waals surface area contributed by atoms with Crippen LogP contribution in [0.5, 0.6) is 0 Å². The molecule has 2 aromatic carbocycles. The fourth-order valence-corrected chi connectivity index (χ4v) is 3.46. The minimum atomic E-state index is -0.430. The number of thioether (sulfide) groups is 1. The van der Waals surface area contributed by atoms with E-state index < -0.39 is 5.25 Å². The second-order valence-electron chi connectivity index (χ2n) is 5.80. The highest BCUT2D eigenvalue weighted by Gasteiger charge is 2.25. The first-order valence-electron chi connectivity index (χ1n) is 8.23. The van der Waals surface area contributed by atoms with Crippen molar-refractivity contribution >= 4 is 29.0 Å². The number of carbonyl (C=O) groups is 1. The SMILES string of the molecule is Cc1cc(=O)[nH]c(SC(C)C(=O)N(c2ccccc2)c2ccccc2)n1. The van der Waals surface area contributed by atoms with Gasteiger partial charge in [0.05, 0.1) is 5.25 Å². The van der Waals surface area contributed by atoms with E-state index in [-0.39, 0.29) is 11.5 Å². The highest BCUT2D eigenvalue weighted by Crippen LogP contribution is 2.29. The predicted octanol–water partition coefficient (Wildman–Crippen LogP) is 3.92. The number of anilines is 2. The van der Waals surface area contributed by atoms with Crippen molar-refractivity contribution in [3.63, 3.8) is 0 Å². The van der Waals surface area contributed by atoms with E-state index in [0.717, 1.165) is 11.4 Å². The third-order valence-electron chi connectivity index (χ3n) is 3.73. The van der Waals surface area contributed by atoms with Gasteiger partial charge in [0, 0.05) is 23.1 Å². The molecular formula is C20H19N3O2S. The van der Waals surface area contributed by atoms with E-state index in [1.807, 2.05) is 67.6 Å². The fraction of sp³-hybridized carbons (Fsp3) is 0.150. The number of para-hydroxylation sites is 2. The Bertz CT molecular complexity index is 903. The van der Waals surface area contributed by atoms with E-state index >= 15 is 0 Å². The molecule has 1 heterocycles. The molecule has 132 valence electrons. The van der Waals surface area contributed by atoms with E-state index in [1.54, 1.807) is 11.8 Å². The van der Waals surface area contributed by atoms with Gasteiger partial charge in [0.25, 0.3) is 5.56 Å². The van der Waals surface area contributed by atoms with Gasteiger partial charge in [-0.1, -0.05) is 48.2 Å². The first kappa shape index (κ1) is 17.9. The van der Waals surface area contributed by atoms with Crippen LogP contribution in [0.1, 0.15) is 12.6 Å². The summed E-state index contributed by atoms with van der Waals surface area (Å²) in [4.78, 5) is 33.5. The Balaban J connectivity index is 1.91. The molecule has 1 amide bonds. The van der Waals surface area contributed by atoms with Gasteiger partial charge in [0.15, 0.2) is 5.16 Å².